The van der Waals surface area contributed by atoms with Crippen LogP contribution in [0.2, 0.25) is 0 Å². The van der Waals surface area contributed by atoms with Gasteiger partial charge in [0, 0.05) is 43.9 Å². The summed E-state index contributed by atoms with van der Waals surface area (Å²) in [5.74, 6) is -0.311. The molecule has 1 atom stereocenters. The first-order valence-corrected chi connectivity index (χ1v) is 11.0. The predicted octanol–water partition coefficient (Wildman–Crippen LogP) is 3.63. The molecule has 3 aromatic rings. The van der Waals surface area contributed by atoms with E-state index >= 15 is 0 Å². The van der Waals surface area contributed by atoms with Gasteiger partial charge in [0.25, 0.3) is 0 Å². The minimum absolute atomic E-state index is 0.0304. The number of piperazine rings is 1. The summed E-state index contributed by atoms with van der Waals surface area (Å²) < 4.78 is 13.1. The van der Waals surface area contributed by atoms with Gasteiger partial charge in [-0.05, 0) is 53.6 Å². The van der Waals surface area contributed by atoms with Gasteiger partial charge in [-0.3, -0.25) is 9.69 Å². The molecule has 1 aliphatic rings. The fourth-order valence-corrected chi connectivity index (χ4v) is 4.22. The second-order valence-electron chi connectivity index (χ2n) is 8.37. The highest BCUT2D eigenvalue weighted by molar-refractivity contribution is 5.96. The van der Waals surface area contributed by atoms with Crippen molar-refractivity contribution in [3.8, 4) is 0 Å². The molecule has 4 rings (SSSR count). The van der Waals surface area contributed by atoms with Crippen LogP contribution in [0, 0.1) is 5.82 Å². The number of hydrogen-bond acceptors (Lipinski definition) is 3. The Kier molecular flexibility index (Phi) is 6.70. The standard InChI is InChI=1S/C26H28FN5O/c1-18-16-31(17-19-6-9-23(27)10-7-19)12-13-32(18)25(33)11-8-22-14-20-4-2-3-5-21(20)15-24(22)30-26(28)29/h2-11,14-15,18H,12-13,16-17H2,1H3,(H4,28,29,30)/b11-8+/t18-/m1/s1. The molecule has 0 aromatic heterocycles. The van der Waals surface area contributed by atoms with Gasteiger partial charge >= 0.3 is 0 Å². The average Bonchev–Trinajstić information content (AvgIpc) is 2.78. The monoisotopic (exact) mass is 445 g/mol. The number of halogens is 1. The maximum absolute atomic E-state index is 13.1. The van der Waals surface area contributed by atoms with Crippen molar-refractivity contribution in [2.45, 2.75) is 19.5 Å². The van der Waals surface area contributed by atoms with E-state index in [9.17, 15) is 9.18 Å². The second kappa shape index (κ2) is 9.83. The quantitative estimate of drug-likeness (QED) is 0.357. The normalized spacial score (nSPS) is 16.9. The van der Waals surface area contributed by atoms with Crippen molar-refractivity contribution >= 4 is 34.4 Å². The van der Waals surface area contributed by atoms with Crippen LogP contribution in [0.1, 0.15) is 18.1 Å². The van der Waals surface area contributed by atoms with Gasteiger partial charge in [-0.25, -0.2) is 9.38 Å². The first-order chi connectivity index (χ1) is 15.9. The third-order valence-corrected chi connectivity index (χ3v) is 5.86. The number of fused-ring (bicyclic) bond motifs is 1. The van der Waals surface area contributed by atoms with Gasteiger partial charge in [0.15, 0.2) is 5.96 Å². The molecule has 1 saturated heterocycles. The summed E-state index contributed by atoms with van der Waals surface area (Å²) in [6.45, 7) is 4.93. The van der Waals surface area contributed by atoms with E-state index < -0.39 is 0 Å². The second-order valence-corrected chi connectivity index (χ2v) is 8.37. The third kappa shape index (κ3) is 5.56. The Balaban J connectivity index is 1.46. The Labute approximate surface area is 193 Å². The predicted molar refractivity (Wildman–Crippen MR) is 131 cm³/mol. The molecule has 3 aromatic carbocycles. The zero-order valence-electron chi connectivity index (χ0n) is 18.6. The number of carbonyl (C=O) groups is 1. The summed E-state index contributed by atoms with van der Waals surface area (Å²) in [6, 6.07) is 18.4. The first kappa shape index (κ1) is 22.5. The van der Waals surface area contributed by atoms with Crippen molar-refractivity contribution in [1.29, 1.82) is 0 Å². The molecule has 7 heteroatoms. The number of aliphatic imine (C=N–C) groups is 1. The number of carbonyl (C=O) groups excluding carboxylic acids is 1. The smallest absolute Gasteiger partial charge is 0.246 e. The van der Waals surface area contributed by atoms with Crippen LogP contribution in [0.25, 0.3) is 16.8 Å². The van der Waals surface area contributed by atoms with E-state index in [1.807, 2.05) is 48.2 Å². The number of nitrogens with zero attached hydrogens (tertiary/aromatic N) is 3. The molecule has 0 radical (unpaired) electrons. The van der Waals surface area contributed by atoms with E-state index in [0.717, 1.165) is 41.5 Å². The van der Waals surface area contributed by atoms with Crippen molar-refractivity contribution in [3.05, 3.63) is 83.7 Å². The Hall–Kier alpha value is -3.71. The molecule has 0 unspecified atom stereocenters. The summed E-state index contributed by atoms with van der Waals surface area (Å²) in [7, 11) is 0. The molecule has 33 heavy (non-hydrogen) atoms. The first-order valence-electron chi connectivity index (χ1n) is 11.0. The van der Waals surface area contributed by atoms with Crippen LogP contribution in [0.15, 0.2) is 71.7 Å². The molecule has 0 bridgehead atoms. The molecular formula is C26H28FN5O. The van der Waals surface area contributed by atoms with Crippen LogP contribution in [-0.4, -0.2) is 47.3 Å². The number of rotatable bonds is 5. The largest absolute Gasteiger partial charge is 0.370 e. The Morgan fingerprint density at radius 2 is 1.79 bits per heavy atom. The lowest BCUT2D eigenvalue weighted by atomic mass is 10.0. The highest BCUT2D eigenvalue weighted by Crippen LogP contribution is 2.27. The fourth-order valence-electron chi connectivity index (χ4n) is 4.22. The highest BCUT2D eigenvalue weighted by Gasteiger charge is 2.26. The summed E-state index contributed by atoms with van der Waals surface area (Å²) in [5.41, 5.74) is 13.7. The summed E-state index contributed by atoms with van der Waals surface area (Å²) in [5, 5.41) is 2.06. The number of benzene rings is 3. The van der Waals surface area contributed by atoms with Crippen LogP contribution >= 0.6 is 0 Å². The molecule has 4 N–H and O–H groups in total. The summed E-state index contributed by atoms with van der Waals surface area (Å²) in [4.78, 5) is 21.4. The SMILES string of the molecule is C[C@@H]1CN(Cc2ccc(F)cc2)CCN1C(=O)/C=C/c1cc2ccccc2cc1N=C(N)N. The maximum atomic E-state index is 13.1. The minimum Gasteiger partial charge on any atom is -0.370 e. The van der Waals surface area contributed by atoms with E-state index in [-0.39, 0.29) is 23.7 Å². The molecule has 1 heterocycles. The molecular weight excluding hydrogens is 417 g/mol. The fraction of sp³-hybridized carbons (Fsp3) is 0.231. The Morgan fingerprint density at radius 1 is 1.09 bits per heavy atom. The van der Waals surface area contributed by atoms with E-state index in [4.69, 9.17) is 11.5 Å². The van der Waals surface area contributed by atoms with Crippen LogP contribution < -0.4 is 11.5 Å². The zero-order chi connectivity index (χ0) is 23.4. The number of amides is 1. The van der Waals surface area contributed by atoms with Gasteiger partial charge in [-0.1, -0.05) is 36.4 Å². The van der Waals surface area contributed by atoms with Crippen molar-refractivity contribution in [2.24, 2.45) is 16.5 Å². The number of guanidine groups is 1. The molecule has 6 nitrogen and oxygen atoms in total. The van der Waals surface area contributed by atoms with Gasteiger partial charge in [-0.2, -0.15) is 0 Å². The lowest BCUT2D eigenvalue weighted by Gasteiger charge is -2.39. The van der Waals surface area contributed by atoms with E-state index in [2.05, 4.69) is 9.89 Å². The van der Waals surface area contributed by atoms with Crippen molar-refractivity contribution in [1.82, 2.24) is 9.80 Å². The lowest BCUT2D eigenvalue weighted by Crippen LogP contribution is -2.53. The van der Waals surface area contributed by atoms with E-state index in [1.165, 1.54) is 12.1 Å². The Morgan fingerprint density at radius 3 is 2.45 bits per heavy atom. The van der Waals surface area contributed by atoms with Crippen LogP contribution in [0.3, 0.4) is 0 Å². The summed E-state index contributed by atoms with van der Waals surface area (Å²) in [6.07, 6.45) is 3.36. The topological polar surface area (TPSA) is 87.9 Å². The van der Waals surface area contributed by atoms with Crippen molar-refractivity contribution < 1.29 is 9.18 Å². The molecule has 1 fully saturated rings. The van der Waals surface area contributed by atoms with E-state index in [0.29, 0.717) is 12.2 Å². The molecule has 0 aliphatic carbocycles. The van der Waals surface area contributed by atoms with E-state index in [1.54, 1.807) is 24.3 Å². The van der Waals surface area contributed by atoms with Gasteiger partial charge < -0.3 is 16.4 Å². The van der Waals surface area contributed by atoms with Gasteiger partial charge in [0.05, 0.1) is 5.69 Å². The van der Waals surface area contributed by atoms with Gasteiger partial charge in [-0.15, -0.1) is 0 Å². The Bertz CT molecular complexity index is 1200. The van der Waals surface area contributed by atoms with Crippen molar-refractivity contribution in [3.63, 3.8) is 0 Å². The third-order valence-electron chi connectivity index (χ3n) is 5.86. The zero-order valence-corrected chi connectivity index (χ0v) is 18.6. The van der Waals surface area contributed by atoms with Crippen molar-refractivity contribution in [2.75, 3.05) is 19.6 Å². The molecule has 0 saturated carbocycles. The van der Waals surface area contributed by atoms with Crippen LogP contribution in [0.4, 0.5) is 10.1 Å². The molecule has 1 amide bonds. The van der Waals surface area contributed by atoms with Gasteiger partial charge in [0.2, 0.25) is 5.91 Å². The average molecular weight is 446 g/mol. The maximum Gasteiger partial charge on any atom is 0.246 e. The molecule has 170 valence electrons. The van der Waals surface area contributed by atoms with Crippen LogP contribution in [-0.2, 0) is 11.3 Å². The molecule has 1 aliphatic heterocycles. The highest BCUT2D eigenvalue weighted by atomic mass is 19.1. The number of nitrogens with two attached hydrogens (primary N) is 2. The van der Waals surface area contributed by atoms with Crippen LogP contribution in [0.5, 0.6) is 0 Å². The van der Waals surface area contributed by atoms with Gasteiger partial charge in [0.1, 0.15) is 5.82 Å². The number of hydrogen-bond donors (Lipinski definition) is 2. The minimum atomic E-state index is -0.233. The summed E-state index contributed by atoms with van der Waals surface area (Å²) >= 11 is 0. The lowest BCUT2D eigenvalue weighted by molar-refractivity contribution is -0.130. The molecule has 0 spiro atoms.